The van der Waals surface area contributed by atoms with Crippen LogP contribution in [0.2, 0.25) is 0 Å². The van der Waals surface area contributed by atoms with Gasteiger partial charge in [-0.2, -0.15) is 0 Å². The highest BCUT2D eigenvalue weighted by Crippen LogP contribution is 2.21. The van der Waals surface area contributed by atoms with Crippen LogP contribution in [0, 0.1) is 0 Å². The van der Waals surface area contributed by atoms with E-state index in [2.05, 4.69) is 10.6 Å². The number of amides is 3. The fourth-order valence-electron chi connectivity index (χ4n) is 3.00. The van der Waals surface area contributed by atoms with E-state index in [9.17, 15) is 9.59 Å². The SMILES string of the molecule is COc1ccc(N(CC(=O)NC(=O)NCc2ccccc2)Cc2ccccc2)cc1. The molecule has 3 aromatic carbocycles. The predicted molar refractivity (Wildman–Crippen MR) is 117 cm³/mol. The van der Waals surface area contributed by atoms with E-state index in [4.69, 9.17) is 4.74 Å². The minimum absolute atomic E-state index is 0.0416. The lowest BCUT2D eigenvalue weighted by molar-refractivity contribution is -0.118. The third-order valence-corrected chi connectivity index (χ3v) is 4.54. The van der Waals surface area contributed by atoms with Crippen molar-refractivity contribution in [3.63, 3.8) is 0 Å². The lowest BCUT2D eigenvalue weighted by atomic mass is 10.2. The van der Waals surface area contributed by atoms with Gasteiger partial charge in [-0.3, -0.25) is 10.1 Å². The molecule has 154 valence electrons. The Balaban J connectivity index is 1.62. The van der Waals surface area contributed by atoms with E-state index in [0.29, 0.717) is 13.1 Å². The van der Waals surface area contributed by atoms with Gasteiger partial charge in [0.2, 0.25) is 5.91 Å². The average molecular weight is 403 g/mol. The molecular weight excluding hydrogens is 378 g/mol. The summed E-state index contributed by atoms with van der Waals surface area (Å²) >= 11 is 0. The first kappa shape index (κ1) is 20.9. The molecule has 0 fully saturated rings. The molecule has 3 rings (SSSR count). The number of nitrogens with one attached hydrogen (secondary N) is 2. The van der Waals surface area contributed by atoms with E-state index in [1.54, 1.807) is 7.11 Å². The van der Waals surface area contributed by atoms with Crippen molar-refractivity contribution in [3.8, 4) is 5.75 Å². The molecule has 3 amide bonds. The van der Waals surface area contributed by atoms with E-state index in [1.807, 2.05) is 89.8 Å². The second kappa shape index (κ2) is 10.7. The summed E-state index contributed by atoms with van der Waals surface area (Å²) in [6.07, 6.45) is 0. The topological polar surface area (TPSA) is 70.7 Å². The first-order valence-electron chi connectivity index (χ1n) is 9.68. The molecule has 0 saturated carbocycles. The Hall–Kier alpha value is -3.80. The maximum absolute atomic E-state index is 12.5. The number of imide groups is 1. The Morgan fingerprint density at radius 3 is 2.03 bits per heavy atom. The normalized spacial score (nSPS) is 10.2. The smallest absolute Gasteiger partial charge is 0.321 e. The lowest BCUT2D eigenvalue weighted by Gasteiger charge is -2.24. The largest absolute Gasteiger partial charge is 0.497 e. The van der Waals surface area contributed by atoms with Crippen LogP contribution in [0.4, 0.5) is 10.5 Å². The minimum atomic E-state index is -0.516. The van der Waals surface area contributed by atoms with E-state index in [-0.39, 0.29) is 12.5 Å². The van der Waals surface area contributed by atoms with Crippen molar-refractivity contribution in [2.75, 3.05) is 18.6 Å². The molecule has 6 heteroatoms. The summed E-state index contributed by atoms with van der Waals surface area (Å²) in [6, 6.07) is 26.4. The lowest BCUT2D eigenvalue weighted by Crippen LogP contribution is -2.44. The Kier molecular flexibility index (Phi) is 7.44. The maximum atomic E-state index is 12.5. The summed E-state index contributed by atoms with van der Waals surface area (Å²) in [5, 5.41) is 5.11. The predicted octanol–water partition coefficient (Wildman–Crippen LogP) is 3.73. The summed E-state index contributed by atoms with van der Waals surface area (Å²) < 4.78 is 5.21. The highest BCUT2D eigenvalue weighted by Gasteiger charge is 2.15. The summed E-state index contributed by atoms with van der Waals surface area (Å²) in [6.45, 7) is 0.929. The number of urea groups is 1. The molecule has 0 saturated heterocycles. The number of hydrogen-bond acceptors (Lipinski definition) is 4. The number of carbonyl (C=O) groups excluding carboxylic acids is 2. The molecule has 0 spiro atoms. The van der Waals surface area contributed by atoms with Crippen molar-refractivity contribution in [2.45, 2.75) is 13.1 Å². The van der Waals surface area contributed by atoms with Gasteiger partial charge in [0.15, 0.2) is 0 Å². The van der Waals surface area contributed by atoms with E-state index in [1.165, 1.54) is 0 Å². The zero-order chi connectivity index (χ0) is 21.2. The Bertz CT molecular complexity index is 944. The van der Waals surface area contributed by atoms with Gasteiger partial charge in [0, 0.05) is 18.8 Å². The summed E-state index contributed by atoms with van der Waals surface area (Å²) in [5.74, 6) is 0.357. The second-order valence-corrected chi connectivity index (χ2v) is 6.76. The molecule has 6 nitrogen and oxygen atoms in total. The number of carbonyl (C=O) groups is 2. The maximum Gasteiger partial charge on any atom is 0.321 e. The van der Waals surface area contributed by atoms with E-state index >= 15 is 0 Å². The van der Waals surface area contributed by atoms with Crippen molar-refractivity contribution in [2.24, 2.45) is 0 Å². The molecule has 0 heterocycles. The fourth-order valence-corrected chi connectivity index (χ4v) is 3.00. The van der Waals surface area contributed by atoms with Crippen LogP contribution in [-0.4, -0.2) is 25.6 Å². The van der Waals surface area contributed by atoms with Gasteiger partial charge < -0.3 is 15.0 Å². The number of anilines is 1. The average Bonchev–Trinajstić information content (AvgIpc) is 2.79. The number of benzene rings is 3. The van der Waals surface area contributed by atoms with Gasteiger partial charge in [-0.25, -0.2) is 4.79 Å². The number of rotatable bonds is 8. The minimum Gasteiger partial charge on any atom is -0.497 e. The molecule has 0 aliphatic carbocycles. The third kappa shape index (κ3) is 6.38. The molecule has 3 aromatic rings. The van der Waals surface area contributed by atoms with Crippen LogP contribution in [0.5, 0.6) is 5.75 Å². The third-order valence-electron chi connectivity index (χ3n) is 4.54. The number of methoxy groups -OCH3 is 1. The van der Waals surface area contributed by atoms with Crippen molar-refractivity contribution >= 4 is 17.6 Å². The highest BCUT2D eigenvalue weighted by atomic mass is 16.5. The van der Waals surface area contributed by atoms with Gasteiger partial charge in [-0.05, 0) is 35.4 Å². The molecule has 0 aromatic heterocycles. The van der Waals surface area contributed by atoms with E-state index in [0.717, 1.165) is 22.6 Å². The van der Waals surface area contributed by atoms with Crippen LogP contribution in [0.25, 0.3) is 0 Å². The number of hydrogen-bond donors (Lipinski definition) is 2. The Morgan fingerprint density at radius 1 is 0.833 bits per heavy atom. The van der Waals surface area contributed by atoms with Gasteiger partial charge in [0.05, 0.1) is 13.7 Å². The molecular formula is C24H25N3O3. The first-order chi connectivity index (χ1) is 14.6. The Morgan fingerprint density at radius 2 is 1.43 bits per heavy atom. The van der Waals surface area contributed by atoms with Crippen molar-refractivity contribution in [3.05, 3.63) is 96.1 Å². The van der Waals surface area contributed by atoms with Crippen LogP contribution in [0.1, 0.15) is 11.1 Å². The molecule has 2 N–H and O–H groups in total. The molecule has 30 heavy (non-hydrogen) atoms. The first-order valence-corrected chi connectivity index (χ1v) is 9.68. The van der Waals surface area contributed by atoms with Crippen LogP contribution < -0.4 is 20.3 Å². The van der Waals surface area contributed by atoms with Gasteiger partial charge in [-0.1, -0.05) is 60.7 Å². The number of ether oxygens (including phenoxy) is 1. The molecule has 0 unspecified atom stereocenters. The monoisotopic (exact) mass is 403 g/mol. The summed E-state index contributed by atoms with van der Waals surface area (Å²) in [4.78, 5) is 26.5. The summed E-state index contributed by atoms with van der Waals surface area (Å²) in [5.41, 5.74) is 2.89. The van der Waals surface area contributed by atoms with E-state index < -0.39 is 6.03 Å². The molecule has 0 bridgehead atoms. The molecule has 0 radical (unpaired) electrons. The van der Waals surface area contributed by atoms with Crippen LogP contribution in [-0.2, 0) is 17.9 Å². The summed E-state index contributed by atoms with van der Waals surface area (Å²) in [7, 11) is 1.61. The van der Waals surface area contributed by atoms with Gasteiger partial charge in [0.1, 0.15) is 5.75 Å². The zero-order valence-corrected chi connectivity index (χ0v) is 16.9. The quantitative estimate of drug-likeness (QED) is 0.601. The molecule has 0 aliphatic heterocycles. The zero-order valence-electron chi connectivity index (χ0n) is 16.9. The van der Waals surface area contributed by atoms with Crippen molar-refractivity contribution in [1.82, 2.24) is 10.6 Å². The number of nitrogens with zero attached hydrogens (tertiary/aromatic N) is 1. The van der Waals surface area contributed by atoms with Gasteiger partial charge >= 0.3 is 6.03 Å². The van der Waals surface area contributed by atoms with Crippen LogP contribution in [0.3, 0.4) is 0 Å². The standard InChI is InChI=1S/C24H25N3O3/c1-30-22-14-12-21(13-15-22)27(17-20-10-6-3-7-11-20)18-23(28)26-24(29)25-16-19-8-4-2-5-9-19/h2-15H,16-18H2,1H3,(H2,25,26,28,29). The van der Waals surface area contributed by atoms with Crippen molar-refractivity contribution < 1.29 is 14.3 Å². The van der Waals surface area contributed by atoms with Gasteiger partial charge in [0.25, 0.3) is 0 Å². The Labute approximate surface area is 176 Å². The second-order valence-electron chi connectivity index (χ2n) is 6.76. The highest BCUT2D eigenvalue weighted by molar-refractivity contribution is 5.96. The molecule has 0 aliphatic rings. The molecule has 0 atom stereocenters. The van der Waals surface area contributed by atoms with Gasteiger partial charge in [-0.15, -0.1) is 0 Å². The fraction of sp³-hybridized carbons (Fsp3) is 0.167. The van der Waals surface area contributed by atoms with Crippen LogP contribution in [0.15, 0.2) is 84.9 Å². The van der Waals surface area contributed by atoms with Crippen LogP contribution >= 0.6 is 0 Å². The van der Waals surface area contributed by atoms with Crippen molar-refractivity contribution in [1.29, 1.82) is 0 Å².